The maximum atomic E-state index is 5.16. The van der Waals surface area contributed by atoms with Gasteiger partial charge in [0.25, 0.3) is 0 Å². The Hall–Kier alpha value is -1.02. The summed E-state index contributed by atoms with van der Waals surface area (Å²) in [6.07, 6.45) is 2.56. The SMILES string of the molecule is CCCC(C)CN[C@@H](C)c1ccc(OC)cc1. The van der Waals surface area contributed by atoms with Crippen molar-refractivity contribution < 1.29 is 4.74 Å². The molecule has 0 fully saturated rings. The molecule has 0 saturated heterocycles. The first-order valence-corrected chi connectivity index (χ1v) is 6.54. The predicted octanol–water partition coefficient (Wildman–Crippen LogP) is 3.78. The van der Waals surface area contributed by atoms with Crippen molar-refractivity contribution in [1.29, 1.82) is 0 Å². The molecule has 1 unspecified atom stereocenters. The molecule has 0 bridgehead atoms. The van der Waals surface area contributed by atoms with E-state index < -0.39 is 0 Å². The van der Waals surface area contributed by atoms with Crippen LogP contribution in [-0.2, 0) is 0 Å². The van der Waals surface area contributed by atoms with Crippen LogP contribution in [0.2, 0.25) is 0 Å². The molecule has 0 saturated carbocycles. The van der Waals surface area contributed by atoms with Gasteiger partial charge in [0.05, 0.1) is 7.11 Å². The summed E-state index contributed by atoms with van der Waals surface area (Å²) >= 11 is 0. The molecule has 0 radical (unpaired) electrons. The smallest absolute Gasteiger partial charge is 0.118 e. The fraction of sp³-hybridized carbons (Fsp3) is 0.600. The number of benzene rings is 1. The Bertz CT molecular complexity index is 307. The largest absolute Gasteiger partial charge is 0.497 e. The zero-order valence-electron chi connectivity index (χ0n) is 11.5. The van der Waals surface area contributed by atoms with Crippen LogP contribution in [0.5, 0.6) is 5.75 Å². The van der Waals surface area contributed by atoms with Crippen molar-refractivity contribution in [2.24, 2.45) is 5.92 Å². The highest BCUT2D eigenvalue weighted by molar-refractivity contribution is 5.28. The molecular formula is C15H25NO. The molecule has 17 heavy (non-hydrogen) atoms. The lowest BCUT2D eigenvalue weighted by atomic mass is 10.0. The summed E-state index contributed by atoms with van der Waals surface area (Å²) in [7, 11) is 1.70. The van der Waals surface area contributed by atoms with Gasteiger partial charge in [-0.25, -0.2) is 0 Å². The lowest BCUT2D eigenvalue weighted by Crippen LogP contribution is -2.24. The normalized spacial score (nSPS) is 14.4. The van der Waals surface area contributed by atoms with Crippen LogP contribution in [0.4, 0.5) is 0 Å². The Labute approximate surface area is 105 Å². The average Bonchev–Trinajstić information content (AvgIpc) is 2.36. The van der Waals surface area contributed by atoms with Gasteiger partial charge in [-0.05, 0) is 43.5 Å². The van der Waals surface area contributed by atoms with Crippen molar-refractivity contribution >= 4 is 0 Å². The van der Waals surface area contributed by atoms with Crippen molar-refractivity contribution in [1.82, 2.24) is 5.32 Å². The molecule has 2 nitrogen and oxygen atoms in total. The third-order valence-electron chi connectivity index (χ3n) is 3.17. The number of methoxy groups -OCH3 is 1. The van der Waals surface area contributed by atoms with E-state index in [9.17, 15) is 0 Å². The van der Waals surface area contributed by atoms with E-state index in [1.165, 1.54) is 18.4 Å². The van der Waals surface area contributed by atoms with Gasteiger partial charge in [0.1, 0.15) is 5.75 Å². The topological polar surface area (TPSA) is 21.3 Å². The van der Waals surface area contributed by atoms with Gasteiger partial charge >= 0.3 is 0 Å². The van der Waals surface area contributed by atoms with E-state index in [2.05, 4.69) is 38.2 Å². The zero-order chi connectivity index (χ0) is 12.7. The van der Waals surface area contributed by atoms with E-state index in [-0.39, 0.29) is 0 Å². The van der Waals surface area contributed by atoms with Crippen LogP contribution in [0.3, 0.4) is 0 Å². The van der Waals surface area contributed by atoms with Crippen LogP contribution in [0.25, 0.3) is 0 Å². The molecule has 1 N–H and O–H groups in total. The van der Waals surface area contributed by atoms with Crippen molar-refractivity contribution in [2.75, 3.05) is 13.7 Å². The first-order chi connectivity index (χ1) is 8.17. The quantitative estimate of drug-likeness (QED) is 0.776. The van der Waals surface area contributed by atoms with Gasteiger partial charge in [-0.15, -0.1) is 0 Å². The molecule has 0 amide bonds. The van der Waals surface area contributed by atoms with E-state index >= 15 is 0 Å². The summed E-state index contributed by atoms with van der Waals surface area (Å²) in [6.45, 7) is 7.84. The number of ether oxygens (including phenoxy) is 1. The summed E-state index contributed by atoms with van der Waals surface area (Å²) in [6, 6.07) is 8.69. The lowest BCUT2D eigenvalue weighted by molar-refractivity contribution is 0.413. The molecule has 96 valence electrons. The van der Waals surface area contributed by atoms with Gasteiger partial charge in [-0.3, -0.25) is 0 Å². The van der Waals surface area contributed by atoms with Crippen LogP contribution in [-0.4, -0.2) is 13.7 Å². The molecule has 1 rings (SSSR count). The van der Waals surface area contributed by atoms with E-state index in [1.54, 1.807) is 7.11 Å². The molecule has 2 atom stereocenters. The minimum absolute atomic E-state index is 0.403. The minimum Gasteiger partial charge on any atom is -0.497 e. The number of hydrogen-bond acceptors (Lipinski definition) is 2. The van der Waals surface area contributed by atoms with Crippen molar-refractivity contribution in [3.05, 3.63) is 29.8 Å². The van der Waals surface area contributed by atoms with E-state index in [4.69, 9.17) is 4.74 Å². The Kier molecular flexibility index (Phi) is 6.06. The van der Waals surface area contributed by atoms with Gasteiger partial charge in [0.2, 0.25) is 0 Å². The standard InChI is InChI=1S/C15H25NO/c1-5-6-12(2)11-16-13(3)14-7-9-15(17-4)10-8-14/h7-10,12-13,16H,5-6,11H2,1-4H3/t12?,13-/m0/s1. The van der Waals surface area contributed by atoms with Crippen LogP contribution in [0.1, 0.15) is 45.2 Å². The highest BCUT2D eigenvalue weighted by Gasteiger charge is 2.07. The Morgan fingerprint density at radius 3 is 2.35 bits per heavy atom. The third-order valence-corrected chi connectivity index (χ3v) is 3.17. The second kappa shape index (κ2) is 7.33. The molecule has 0 heterocycles. The van der Waals surface area contributed by atoms with Gasteiger partial charge in [0.15, 0.2) is 0 Å². The van der Waals surface area contributed by atoms with Crippen LogP contribution >= 0.6 is 0 Å². The van der Waals surface area contributed by atoms with Crippen LogP contribution < -0.4 is 10.1 Å². The van der Waals surface area contributed by atoms with Gasteiger partial charge in [-0.2, -0.15) is 0 Å². The molecule has 1 aromatic carbocycles. The first kappa shape index (κ1) is 14.0. The van der Waals surface area contributed by atoms with Crippen molar-refractivity contribution in [3.8, 4) is 5.75 Å². The summed E-state index contributed by atoms with van der Waals surface area (Å²) in [5, 5.41) is 3.58. The van der Waals surface area contributed by atoms with E-state index in [0.717, 1.165) is 18.2 Å². The summed E-state index contributed by atoms with van der Waals surface area (Å²) in [4.78, 5) is 0. The average molecular weight is 235 g/mol. The van der Waals surface area contributed by atoms with Crippen LogP contribution in [0.15, 0.2) is 24.3 Å². The number of hydrogen-bond donors (Lipinski definition) is 1. The molecule has 2 heteroatoms. The maximum Gasteiger partial charge on any atom is 0.118 e. The first-order valence-electron chi connectivity index (χ1n) is 6.54. The minimum atomic E-state index is 0.403. The Balaban J connectivity index is 2.43. The fourth-order valence-electron chi connectivity index (χ4n) is 1.98. The molecular weight excluding hydrogens is 210 g/mol. The summed E-state index contributed by atoms with van der Waals surface area (Å²) in [5.41, 5.74) is 1.31. The maximum absolute atomic E-state index is 5.16. The van der Waals surface area contributed by atoms with Crippen molar-refractivity contribution in [3.63, 3.8) is 0 Å². The molecule has 0 aromatic heterocycles. The van der Waals surface area contributed by atoms with E-state index in [0.29, 0.717) is 6.04 Å². The molecule has 1 aromatic rings. The predicted molar refractivity (Wildman–Crippen MR) is 73.5 cm³/mol. The Morgan fingerprint density at radius 2 is 1.82 bits per heavy atom. The highest BCUT2D eigenvalue weighted by atomic mass is 16.5. The highest BCUT2D eigenvalue weighted by Crippen LogP contribution is 2.17. The molecule has 0 aliphatic heterocycles. The summed E-state index contributed by atoms with van der Waals surface area (Å²) < 4.78 is 5.16. The van der Waals surface area contributed by atoms with E-state index in [1.807, 2.05) is 12.1 Å². The summed E-state index contributed by atoms with van der Waals surface area (Å²) in [5.74, 6) is 1.67. The van der Waals surface area contributed by atoms with Crippen molar-refractivity contribution in [2.45, 2.75) is 39.7 Å². The van der Waals surface area contributed by atoms with Gasteiger partial charge < -0.3 is 10.1 Å². The fourth-order valence-corrected chi connectivity index (χ4v) is 1.98. The van der Waals surface area contributed by atoms with Gasteiger partial charge in [-0.1, -0.05) is 32.4 Å². The molecule has 0 spiro atoms. The zero-order valence-corrected chi connectivity index (χ0v) is 11.5. The monoisotopic (exact) mass is 235 g/mol. The Morgan fingerprint density at radius 1 is 1.18 bits per heavy atom. The third kappa shape index (κ3) is 4.78. The number of nitrogens with one attached hydrogen (secondary N) is 1. The second-order valence-corrected chi connectivity index (χ2v) is 4.80. The van der Waals surface area contributed by atoms with Crippen LogP contribution in [0, 0.1) is 5.92 Å². The lowest BCUT2D eigenvalue weighted by Gasteiger charge is -2.18. The van der Waals surface area contributed by atoms with Gasteiger partial charge in [0, 0.05) is 6.04 Å². The molecule has 0 aliphatic carbocycles. The second-order valence-electron chi connectivity index (χ2n) is 4.80. The number of rotatable bonds is 7. The molecule has 0 aliphatic rings.